The molecule has 0 saturated heterocycles. The largest absolute Gasteiger partial charge is 0.480 e. The van der Waals surface area contributed by atoms with Crippen LogP contribution in [-0.2, 0) is 9.59 Å². The number of benzene rings is 1. The average Bonchev–Trinajstić information content (AvgIpc) is 2.56. The number of urea groups is 1. The minimum Gasteiger partial charge on any atom is -0.480 e. The first-order valence-corrected chi connectivity index (χ1v) is 8.50. The van der Waals surface area contributed by atoms with Crippen LogP contribution in [0.25, 0.3) is 0 Å². The molecule has 0 unspecified atom stereocenters. The number of amides is 3. The van der Waals surface area contributed by atoms with E-state index >= 15 is 0 Å². The number of nitrogens with one attached hydrogen (secondary N) is 2. The molecule has 0 aliphatic carbocycles. The summed E-state index contributed by atoms with van der Waals surface area (Å²) in [6.45, 7) is 7.34. The summed E-state index contributed by atoms with van der Waals surface area (Å²) in [5, 5.41) is 14.8. The van der Waals surface area contributed by atoms with E-state index in [1.54, 1.807) is 31.2 Å². The summed E-state index contributed by atoms with van der Waals surface area (Å²) in [6.07, 6.45) is 0.613. The van der Waals surface area contributed by atoms with Gasteiger partial charge in [-0.05, 0) is 24.0 Å². The Labute approximate surface area is 147 Å². The van der Waals surface area contributed by atoms with Gasteiger partial charge in [0.05, 0.1) is 11.4 Å². The Morgan fingerprint density at radius 2 is 1.92 bits per heavy atom. The minimum absolute atomic E-state index is 0.133. The number of hydrogen-bond acceptors (Lipinski definition) is 3. The Hall–Kier alpha value is -2.57. The predicted octanol–water partition coefficient (Wildman–Crippen LogP) is 2.68. The van der Waals surface area contributed by atoms with Crippen molar-refractivity contribution in [2.45, 2.75) is 46.2 Å². The van der Waals surface area contributed by atoms with Crippen LogP contribution in [0.1, 0.15) is 34.1 Å². The summed E-state index contributed by atoms with van der Waals surface area (Å²) >= 11 is 0. The molecule has 0 aromatic heterocycles. The van der Waals surface area contributed by atoms with Crippen molar-refractivity contribution >= 4 is 29.3 Å². The lowest BCUT2D eigenvalue weighted by molar-refractivity contribution is -0.140. The smallest absolute Gasteiger partial charge is 0.326 e. The Morgan fingerprint density at radius 1 is 1.28 bits per heavy atom. The first-order valence-electron chi connectivity index (χ1n) is 8.50. The van der Waals surface area contributed by atoms with Crippen LogP contribution >= 0.6 is 0 Å². The van der Waals surface area contributed by atoms with E-state index in [1.165, 1.54) is 4.90 Å². The van der Waals surface area contributed by atoms with Gasteiger partial charge in [0.2, 0.25) is 5.91 Å². The summed E-state index contributed by atoms with van der Waals surface area (Å²) in [5.74, 6) is -1.73. The van der Waals surface area contributed by atoms with E-state index in [0.717, 1.165) is 0 Å². The topological polar surface area (TPSA) is 98.7 Å². The number of carboxylic acid groups (broad SMARTS) is 1. The van der Waals surface area contributed by atoms with Crippen molar-refractivity contribution in [2.24, 2.45) is 11.8 Å². The van der Waals surface area contributed by atoms with Crippen LogP contribution in [-0.4, -0.2) is 35.1 Å². The van der Waals surface area contributed by atoms with Gasteiger partial charge in [-0.15, -0.1) is 0 Å². The number of para-hydroxylation sites is 2. The normalized spacial score (nSPS) is 19.0. The van der Waals surface area contributed by atoms with Gasteiger partial charge in [0.1, 0.15) is 12.1 Å². The van der Waals surface area contributed by atoms with E-state index < -0.39 is 24.1 Å². The second-order valence-corrected chi connectivity index (χ2v) is 6.72. The van der Waals surface area contributed by atoms with E-state index in [2.05, 4.69) is 10.6 Å². The van der Waals surface area contributed by atoms with Crippen LogP contribution in [0.4, 0.5) is 16.2 Å². The number of nitrogens with zero attached hydrogens (tertiary/aromatic N) is 1. The molecule has 0 radical (unpaired) electrons. The van der Waals surface area contributed by atoms with E-state index in [4.69, 9.17) is 0 Å². The maximum atomic E-state index is 12.9. The quantitative estimate of drug-likeness (QED) is 0.762. The molecule has 7 nitrogen and oxygen atoms in total. The number of aliphatic carboxylic acids is 1. The first-order chi connectivity index (χ1) is 11.8. The SMILES string of the molecule is CC[C@H](C)[C@@H](NC(=O)N1c2ccccc2NC(=O)[C@H]1C(C)C)C(=O)O. The van der Waals surface area contributed by atoms with Gasteiger partial charge in [0.25, 0.3) is 0 Å². The number of carboxylic acids is 1. The van der Waals surface area contributed by atoms with Gasteiger partial charge in [0, 0.05) is 0 Å². The lowest BCUT2D eigenvalue weighted by Crippen LogP contribution is -2.59. The Morgan fingerprint density at radius 3 is 2.48 bits per heavy atom. The van der Waals surface area contributed by atoms with Gasteiger partial charge in [-0.2, -0.15) is 0 Å². The van der Waals surface area contributed by atoms with Gasteiger partial charge in [-0.1, -0.05) is 46.2 Å². The lowest BCUT2D eigenvalue weighted by Gasteiger charge is -2.39. The van der Waals surface area contributed by atoms with Crippen LogP contribution in [0, 0.1) is 11.8 Å². The summed E-state index contributed by atoms with van der Waals surface area (Å²) < 4.78 is 0. The molecule has 1 heterocycles. The highest BCUT2D eigenvalue weighted by molar-refractivity contribution is 6.12. The number of fused-ring (bicyclic) bond motifs is 1. The third-order valence-corrected chi connectivity index (χ3v) is 4.58. The third kappa shape index (κ3) is 3.75. The number of anilines is 2. The van der Waals surface area contributed by atoms with Crippen molar-refractivity contribution in [3.8, 4) is 0 Å². The van der Waals surface area contributed by atoms with Gasteiger partial charge in [-0.25, -0.2) is 9.59 Å². The molecule has 0 saturated carbocycles. The molecule has 136 valence electrons. The lowest BCUT2D eigenvalue weighted by atomic mass is 9.97. The monoisotopic (exact) mass is 347 g/mol. The fourth-order valence-electron chi connectivity index (χ4n) is 2.99. The van der Waals surface area contributed by atoms with E-state index in [-0.39, 0.29) is 17.7 Å². The zero-order valence-corrected chi connectivity index (χ0v) is 14.9. The molecule has 3 amide bonds. The summed E-state index contributed by atoms with van der Waals surface area (Å²) in [5.41, 5.74) is 1.10. The molecular weight excluding hydrogens is 322 g/mol. The Kier molecular flexibility index (Phi) is 5.66. The molecule has 0 spiro atoms. The molecule has 25 heavy (non-hydrogen) atoms. The van der Waals surface area contributed by atoms with E-state index in [9.17, 15) is 19.5 Å². The second-order valence-electron chi connectivity index (χ2n) is 6.72. The highest BCUT2D eigenvalue weighted by atomic mass is 16.4. The molecule has 2 rings (SSSR count). The molecular formula is C18H25N3O4. The van der Waals surface area contributed by atoms with Crippen LogP contribution in [0.5, 0.6) is 0 Å². The number of carbonyl (C=O) groups is 3. The minimum atomic E-state index is -1.08. The number of carbonyl (C=O) groups excluding carboxylic acids is 2. The zero-order chi connectivity index (χ0) is 18.7. The fraction of sp³-hybridized carbons (Fsp3) is 0.500. The number of rotatable bonds is 5. The van der Waals surface area contributed by atoms with Crippen molar-refractivity contribution in [3.63, 3.8) is 0 Å². The summed E-state index contributed by atoms with van der Waals surface area (Å²) in [6, 6.07) is 4.70. The highest BCUT2D eigenvalue weighted by Crippen LogP contribution is 2.34. The highest BCUT2D eigenvalue weighted by Gasteiger charge is 2.40. The van der Waals surface area contributed by atoms with Crippen LogP contribution in [0.2, 0.25) is 0 Å². The molecule has 1 aliphatic heterocycles. The second kappa shape index (κ2) is 7.55. The summed E-state index contributed by atoms with van der Waals surface area (Å²) in [4.78, 5) is 38.3. The van der Waals surface area contributed by atoms with Gasteiger partial charge >= 0.3 is 12.0 Å². The van der Waals surface area contributed by atoms with Crippen molar-refractivity contribution in [3.05, 3.63) is 24.3 Å². The van der Waals surface area contributed by atoms with Crippen molar-refractivity contribution in [1.29, 1.82) is 0 Å². The summed E-state index contributed by atoms with van der Waals surface area (Å²) in [7, 11) is 0. The molecule has 3 N–H and O–H groups in total. The predicted molar refractivity (Wildman–Crippen MR) is 95.6 cm³/mol. The maximum Gasteiger partial charge on any atom is 0.326 e. The van der Waals surface area contributed by atoms with Crippen molar-refractivity contribution < 1.29 is 19.5 Å². The molecule has 3 atom stereocenters. The van der Waals surface area contributed by atoms with Crippen LogP contribution < -0.4 is 15.5 Å². The molecule has 7 heteroatoms. The fourth-order valence-corrected chi connectivity index (χ4v) is 2.99. The zero-order valence-electron chi connectivity index (χ0n) is 14.9. The van der Waals surface area contributed by atoms with Crippen molar-refractivity contribution in [1.82, 2.24) is 5.32 Å². The molecule has 1 aromatic rings. The van der Waals surface area contributed by atoms with Gasteiger partial charge < -0.3 is 15.7 Å². The van der Waals surface area contributed by atoms with Crippen LogP contribution in [0.3, 0.4) is 0 Å². The van der Waals surface area contributed by atoms with Gasteiger partial charge in [-0.3, -0.25) is 9.69 Å². The standard InChI is InChI=1S/C18H25N3O4/c1-5-11(4)14(17(23)24)20-18(25)21-13-9-7-6-8-12(13)19-16(22)15(21)10(2)3/h6-11,14-15H,5H2,1-4H3,(H,19,22)(H,20,25)(H,23,24)/t11-,14+,15+/m0/s1. The molecule has 0 bridgehead atoms. The van der Waals surface area contributed by atoms with Crippen molar-refractivity contribution in [2.75, 3.05) is 10.2 Å². The van der Waals surface area contributed by atoms with Crippen LogP contribution in [0.15, 0.2) is 24.3 Å². The van der Waals surface area contributed by atoms with Gasteiger partial charge in [0.15, 0.2) is 0 Å². The molecule has 1 aliphatic rings. The average molecular weight is 347 g/mol. The Balaban J connectivity index is 2.40. The molecule has 1 aromatic carbocycles. The van der Waals surface area contributed by atoms with E-state index in [1.807, 2.05) is 20.8 Å². The first kappa shape index (κ1) is 18.8. The molecule has 0 fully saturated rings. The maximum absolute atomic E-state index is 12.9. The Bertz CT molecular complexity index is 674. The third-order valence-electron chi connectivity index (χ3n) is 4.58. The van der Waals surface area contributed by atoms with E-state index in [0.29, 0.717) is 17.8 Å². The number of hydrogen-bond donors (Lipinski definition) is 3.